The third-order valence-corrected chi connectivity index (χ3v) is 3.29. The monoisotopic (exact) mass is 308 g/mol. The Morgan fingerprint density at radius 1 is 1.24 bits per heavy atom. The number of halogens is 3. The van der Waals surface area contributed by atoms with Crippen LogP contribution in [0, 0.1) is 0 Å². The normalized spacial score (nSPS) is 33.9. The highest BCUT2D eigenvalue weighted by Crippen LogP contribution is 2.41. The lowest BCUT2D eigenvalue weighted by Gasteiger charge is -2.45. The molecule has 0 aromatic heterocycles. The van der Waals surface area contributed by atoms with Gasteiger partial charge in [-0.05, 0) is 5.56 Å². The van der Waals surface area contributed by atoms with E-state index >= 15 is 0 Å². The minimum Gasteiger partial charge on any atom is -0.388 e. The Balaban J connectivity index is 2.16. The van der Waals surface area contributed by atoms with Gasteiger partial charge < -0.3 is 24.8 Å². The van der Waals surface area contributed by atoms with Crippen LogP contribution >= 0.6 is 0 Å². The third-order valence-electron chi connectivity index (χ3n) is 3.29. The molecule has 0 unspecified atom stereocenters. The van der Waals surface area contributed by atoms with Crippen molar-refractivity contribution in [1.29, 1.82) is 0 Å². The summed E-state index contributed by atoms with van der Waals surface area (Å²) < 4.78 is 48.8. The van der Waals surface area contributed by atoms with Crippen LogP contribution in [-0.2, 0) is 16.1 Å². The number of alkyl halides is 3. The standard InChI is InChI=1S/C13H15F3O5/c14-13(15,16)12(19)10(18)9(17)7-21-11(12)20-6-8-4-2-1-3-5-8/h1-5,9-11,17-19H,6-7H2/t9-,10-,11-,12-/m0/s1. The molecular formula is C13H15F3O5. The maximum Gasteiger partial charge on any atom is 0.424 e. The van der Waals surface area contributed by atoms with E-state index in [-0.39, 0.29) is 6.61 Å². The zero-order valence-corrected chi connectivity index (χ0v) is 10.8. The zero-order valence-electron chi connectivity index (χ0n) is 10.8. The van der Waals surface area contributed by atoms with Crippen molar-refractivity contribution in [1.82, 2.24) is 0 Å². The Morgan fingerprint density at radius 2 is 1.86 bits per heavy atom. The van der Waals surface area contributed by atoms with Gasteiger partial charge in [0.1, 0.15) is 12.2 Å². The first-order valence-corrected chi connectivity index (χ1v) is 6.19. The van der Waals surface area contributed by atoms with Crippen molar-refractivity contribution in [3.05, 3.63) is 35.9 Å². The summed E-state index contributed by atoms with van der Waals surface area (Å²) in [6, 6.07) is 8.33. The van der Waals surface area contributed by atoms with Gasteiger partial charge in [-0.1, -0.05) is 30.3 Å². The van der Waals surface area contributed by atoms with Crippen LogP contribution in [0.15, 0.2) is 30.3 Å². The van der Waals surface area contributed by atoms with Gasteiger partial charge in [0.15, 0.2) is 6.29 Å². The van der Waals surface area contributed by atoms with Crippen LogP contribution in [0.1, 0.15) is 5.56 Å². The van der Waals surface area contributed by atoms with Crippen molar-refractivity contribution in [3.8, 4) is 0 Å². The molecule has 21 heavy (non-hydrogen) atoms. The quantitative estimate of drug-likeness (QED) is 0.761. The third kappa shape index (κ3) is 3.04. The molecule has 4 atom stereocenters. The molecule has 0 aliphatic carbocycles. The molecule has 8 heteroatoms. The van der Waals surface area contributed by atoms with Gasteiger partial charge in [-0.25, -0.2) is 0 Å². The number of aliphatic hydroxyl groups is 3. The van der Waals surface area contributed by atoms with Crippen LogP contribution in [0.2, 0.25) is 0 Å². The Morgan fingerprint density at radius 3 is 2.43 bits per heavy atom. The molecule has 0 radical (unpaired) electrons. The molecule has 1 fully saturated rings. The summed E-state index contributed by atoms with van der Waals surface area (Å²) >= 11 is 0. The van der Waals surface area contributed by atoms with E-state index in [9.17, 15) is 28.5 Å². The molecular weight excluding hydrogens is 293 g/mol. The second kappa shape index (κ2) is 5.90. The van der Waals surface area contributed by atoms with Gasteiger partial charge in [0, 0.05) is 0 Å². The average molecular weight is 308 g/mol. The van der Waals surface area contributed by atoms with Crippen LogP contribution in [0.3, 0.4) is 0 Å². The Hall–Kier alpha value is -1.19. The van der Waals surface area contributed by atoms with Gasteiger partial charge >= 0.3 is 6.18 Å². The number of hydrogen-bond donors (Lipinski definition) is 3. The molecule has 1 heterocycles. The first-order valence-electron chi connectivity index (χ1n) is 6.19. The van der Waals surface area contributed by atoms with Gasteiger partial charge in [-0.15, -0.1) is 0 Å². The minimum atomic E-state index is -5.23. The predicted molar refractivity (Wildman–Crippen MR) is 64.0 cm³/mol. The average Bonchev–Trinajstić information content (AvgIpc) is 2.44. The van der Waals surface area contributed by atoms with E-state index in [2.05, 4.69) is 0 Å². The summed E-state index contributed by atoms with van der Waals surface area (Å²) in [5.41, 5.74) is -3.12. The largest absolute Gasteiger partial charge is 0.424 e. The van der Waals surface area contributed by atoms with E-state index in [1.54, 1.807) is 30.3 Å². The van der Waals surface area contributed by atoms with Crippen molar-refractivity contribution >= 4 is 0 Å². The SMILES string of the molecule is O[C@H]1CO[C@H](OCc2ccccc2)[C@](O)(C(F)(F)F)[C@H]1O. The second-order valence-corrected chi connectivity index (χ2v) is 4.80. The summed E-state index contributed by atoms with van der Waals surface area (Å²) in [6.45, 7) is -0.814. The van der Waals surface area contributed by atoms with Gasteiger partial charge in [-0.2, -0.15) is 13.2 Å². The number of benzene rings is 1. The van der Waals surface area contributed by atoms with Crippen LogP contribution < -0.4 is 0 Å². The predicted octanol–water partition coefficient (Wildman–Crippen LogP) is 0.575. The molecule has 2 rings (SSSR count). The molecule has 0 bridgehead atoms. The lowest BCUT2D eigenvalue weighted by Crippen LogP contribution is -2.70. The van der Waals surface area contributed by atoms with Crippen molar-refractivity contribution in [2.75, 3.05) is 6.61 Å². The first kappa shape index (κ1) is 16.2. The fraction of sp³-hybridized carbons (Fsp3) is 0.538. The first-order chi connectivity index (χ1) is 9.76. The molecule has 0 spiro atoms. The van der Waals surface area contributed by atoms with Crippen molar-refractivity contribution in [2.24, 2.45) is 0 Å². The van der Waals surface area contributed by atoms with Gasteiger partial charge in [0.2, 0.25) is 5.60 Å². The van der Waals surface area contributed by atoms with E-state index in [0.29, 0.717) is 5.56 Å². The number of ether oxygens (including phenoxy) is 2. The number of aliphatic hydroxyl groups excluding tert-OH is 2. The zero-order chi connectivity index (χ0) is 15.7. The molecule has 1 saturated heterocycles. The Labute approximate surface area is 118 Å². The fourth-order valence-corrected chi connectivity index (χ4v) is 2.06. The maximum absolute atomic E-state index is 13.0. The smallest absolute Gasteiger partial charge is 0.388 e. The van der Waals surface area contributed by atoms with Crippen LogP contribution in [0.4, 0.5) is 13.2 Å². The van der Waals surface area contributed by atoms with E-state index in [1.165, 1.54) is 0 Å². The molecule has 118 valence electrons. The van der Waals surface area contributed by atoms with E-state index in [1.807, 2.05) is 0 Å². The molecule has 1 aliphatic heterocycles. The number of rotatable bonds is 3. The molecule has 1 aliphatic rings. The van der Waals surface area contributed by atoms with E-state index in [0.717, 1.165) is 0 Å². The van der Waals surface area contributed by atoms with E-state index in [4.69, 9.17) is 9.47 Å². The van der Waals surface area contributed by atoms with Crippen LogP contribution in [-0.4, -0.2) is 52.2 Å². The van der Waals surface area contributed by atoms with Crippen molar-refractivity contribution in [2.45, 2.75) is 36.9 Å². The summed E-state index contributed by atoms with van der Waals surface area (Å²) in [4.78, 5) is 0. The topological polar surface area (TPSA) is 79.2 Å². The van der Waals surface area contributed by atoms with Gasteiger partial charge in [0.25, 0.3) is 0 Å². The van der Waals surface area contributed by atoms with Crippen LogP contribution in [0.25, 0.3) is 0 Å². The highest BCUT2D eigenvalue weighted by atomic mass is 19.4. The molecule has 3 N–H and O–H groups in total. The summed E-state index contributed by atoms with van der Waals surface area (Å²) in [7, 11) is 0. The Bertz CT molecular complexity index is 467. The van der Waals surface area contributed by atoms with Gasteiger partial charge in [-0.3, -0.25) is 0 Å². The molecule has 1 aromatic rings. The fourth-order valence-electron chi connectivity index (χ4n) is 2.06. The summed E-state index contributed by atoms with van der Waals surface area (Å²) in [5.74, 6) is 0. The van der Waals surface area contributed by atoms with Crippen molar-refractivity contribution in [3.63, 3.8) is 0 Å². The minimum absolute atomic E-state index is 0.243. The highest BCUT2D eigenvalue weighted by Gasteiger charge is 2.68. The summed E-state index contributed by atoms with van der Waals surface area (Å²) in [6.07, 6.45) is -11.7. The molecule has 0 amide bonds. The Kier molecular flexibility index (Phi) is 4.54. The molecule has 1 aromatic carbocycles. The molecule has 0 saturated carbocycles. The van der Waals surface area contributed by atoms with E-state index < -0.39 is 36.9 Å². The highest BCUT2D eigenvalue weighted by molar-refractivity contribution is 5.13. The van der Waals surface area contributed by atoms with Gasteiger partial charge in [0.05, 0.1) is 13.2 Å². The maximum atomic E-state index is 13.0. The number of hydrogen-bond acceptors (Lipinski definition) is 5. The summed E-state index contributed by atoms with van der Waals surface area (Å²) in [5, 5.41) is 28.6. The second-order valence-electron chi connectivity index (χ2n) is 4.80. The van der Waals surface area contributed by atoms with Crippen LogP contribution in [0.5, 0.6) is 0 Å². The van der Waals surface area contributed by atoms with Crippen molar-refractivity contribution < 1.29 is 38.0 Å². The lowest BCUT2D eigenvalue weighted by atomic mass is 9.89. The lowest BCUT2D eigenvalue weighted by molar-refractivity contribution is -0.399. The molecule has 5 nitrogen and oxygen atoms in total.